The number of rotatable bonds is 12. The molecule has 9 heteroatoms. The zero-order chi connectivity index (χ0) is 23.6. The first kappa shape index (κ1) is 24.2. The molecular weight excluding hydrogens is 424 g/mol. The second kappa shape index (κ2) is 12.0. The Kier molecular flexibility index (Phi) is 8.77. The van der Waals surface area contributed by atoms with Crippen LogP contribution in [0.2, 0.25) is 0 Å². The van der Waals surface area contributed by atoms with Crippen molar-refractivity contribution >= 4 is 17.7 Å². The number of hydrogen-bond acceptors (Lipinski definition) is 6. The topological polar surface area (TPSA) is 133 Å². The first-order valence-corrected chi connectivity index (χ1v) is 11.2. The number of nitrogens with zero attached hydrogens (tertiary/aromatic N) is 1. The standard InChI is InChI=1S/C24H30N4O5/c1-2-5-19(22(30)26-15-12-17-6-3-4-13-25-17)28-24(32)21-20(33-21)23(31)27-14-11-16-7-9-18(29)10-8-16/h3-4,6-10,13,19-21,29H,2,5,11-12,14-15H2,1H3,(H,26,30)(H,27,31)(H,28,32)/t19-,20-,21?/m0/s1. The molecule has 1 aliphatic heterocycles. The number of carbonyl (C=O) groups is 3. The van der Waals surface area contributed by atoms with Gasteiger partial charge in [0.05, 0.1) is 0 Å². The molecule has 1 unspecified atom stereocenters. The minimum absolute atomic E-state index is 0.186. The molecule has 4 N–H and O–H groups in total. The first-order chi connectivity index (χ1) is 16.0. The number of benzene rings is 1. The third-order valence-electron chi connectivity index (χ3n) is 5.27. The van der Waals surface area contributed by atoms with Crippen molar-refractivity contribution in [3.05, 3.63) is 59.9 Å². The molecular formula is C24H30N4O5. The van der Waals surface area contributed by atoms with Gasteiger partial charge < -0.3 is 25.8 Å². The molecule has 3 rings (SSSR count). The lowest BCUT2D eigenvalue weighted by atomic mass is 10.1. The Balaban J connectivity index is 1.39. The van der Waals surface area contributed by atoms with Crippen LogP contribution in [0.4, 0.5) is 0 Å². The second-order valence-corrected chi connectivity index (χ2v) is 7.90. The van der Waals surface area contributed by atoms with Gasteiger partial charge in [0, 0.05) is 31.4 Å². The molecule has 0 saturated carbocycles. The van der Waals surface area contributed by atoms with Crippen LogP contribution < -0.4 is 16.0 Å². The highest BCUT2D eigenvalue weighted by Crippen LogP contribution is 2.22. The molecule has 176 valence electrons. The summed E-state index contributed by atoms with van der Waals surface area (Å²) in [5.74, 6) is -0.907. The Morgan fingerprint density at radius 3 is 2.42 bits per heavy atom. The van der Waals surface area contributed by atoms with Crippen molar-refractivity contribution in [3.63, 3.8) is 0 Å². The lowest BCUT2D eigenvalue weighted by Gasteiger charge is -2.17. The molecule has 9 nitrogen and oxygen atoms in total. The maximum atomic E-state index is 12.5. The van der Waals surface area contributed by atoms with Crippen molar-refractivity contribution in [2.45, 2.75) is 50.9 Å². The van der Waals surface area contributed by atoms with Crippen molar-refractivity contribution in [1.29, 1.82) is 0 Å². The van der Waals surface area contributed by atoms with Crippen molar-refractivity contribution in [1.82, 2.24) is 20.9 Å². The first-order valence-electron chi connectivity index (χ1n) is 11.2. The molecule has 2 heterocycles. The summed E-state index contributed by atoms with van der Waals surface area (Å²) in [6.45, 7) is 2.73. The molecule has 0 spiro atoms. The van der Waals surface area contributed by atoms with Crippen LogP contribution in [-0.2, 0) is 32.0 Å². The van der Waals surface area contributed by atoms with E-state index in [4.69, 9.17) is 4.74 Å². The average Bonchev–Trinajstić information content (AvgIpc) is 3.62. The summed E-state index contributed by atoms with van der Waals surface area (Å²) in [7, 11) is 0. The molecule has 1 aromatic carbocycles. The molecule has 3 atom stereocenters. The van der Waals surface area contributed by atoms with Crippen LogP contribution >= 0.6 is 0 Å². The average molecular weight is 455 g/mol. The van der Waals surface area contributed by atoms with Crippen molar-refractivity contribution < 1.29 is 24.2 Å². The van der Waals surface area contributed by atoms with Gasteiger partial charge in [-0.2, -0.15) is 0 Å². The molecule has 1 aliphatic rings. The number of amides is 3. The summed E-state index contributed by atoms with van der Waals surface area (Å²) < 4.78 is 5.26. The number of hydrogen-bond donors (Lipinski definition) is 4. The summed E-state index contributed by atoms with van der Waals surface area (Å²) in [6, 6.07) is 11.6. The summed E-state index contributed by atoms with van der Waals surface area (Å²) >= 11 is 0. The number of aromatic nitrogens is 1. The Morgan fingerprint density at radius 2 is 1.73 bits per heavy atom. The van der Waals surface area contributed by atoms with Gasteiger partial charge in [-0.15, -0.1) is 0 Å². The van der Waals surface area contributed by atoms with E-state index in [1.54, 1.807) is 30.5 Å². The maximum Gasteiger partial charge on any atom is 0.253 e. The van der Waals surface area contributed by atoms with E-state index in [9.17, 15) is 19.5 Å². The van der Waals surface area contributed by atoms with Gasteiger partial charge >= 0.3 is 0 Å². The van der Waals surface area contributed by atoms with E-state index in [-0.39, 0.29) is 17.6 Å². The number of phenols is 1. The van der Waals surface area contributed by atoms with Crippen molar-refractivity contribution in [2.75, 3.05) is 13.1 Å². The quantitative estimate of drug-likeness (QED) is 0.352. The fourth-order valence-corrected chi connectivity index (χ4v) is 3.40. The van der Waals surface area contributed by atoms with E-state index in [0.29, 0.717) is 38.8 Å². The van der Waals surface area contributed by atoms with Crippen molar-refractivity contribution in [2.24, 2.45) is 0 Å². The molecule has 0 radical (unpaired) electrons. The lowest BCUT2D eigenvalue weighted by molar-refractivity contribution is -0.129. The normalized spacial score (nSPS) is 17.6. The van der Waals surface area contributed by atoms with Crippen LogP contribution in [0.15, 0.2) is 48.7 Å². The van der Waals surface area contributed by atoms with Gasteiger partial charge in [0.1, 0.15) is 11.8 Å². The van der Waals surface area contributed by atoms with Gasteiger partial charge in [-0.05, 0) is 42.7 Å². The van der Waals surface area contributed by atoms with Gasteiger partial charge in [-0.3, -0.25) is 19.4 Å². The smallest absolute Gasteiger partial charge is 0.253 e. The largest absolute Gasteiger partial charge is 0.508 e. The predicted molar refractivity (Wildman–Crippen MR) is 121 cm³/mol. The highest BCUT2D eigenvalue weighted by Gasteiger charge is 2.50. The summed E-state index contributed by atoms with van der Waals surface area (Å²) in [5.41, 5.74) is 1.84. The number of pyridine rings is 1. The minimum Gasteiger partial charge on any atom is -0.508 e. The molecule has 1 aromatic heterocycles. The van der Waals surface area contributed by atoms with E-state index < -0.39 is 24.2 Å². The fourth-order valence-electron chi connectivity index (χ4n) is 3.40. The van der Waals surface area contributed by atoms with E-state index in [0.717, 1.165) is 11.3 Å². The van der Waals surface area contributed by atoms with Gasteiger partial charge in [-0.1, -0.05) is 31.5 Å². The number of ether oxygens (including phenoxy) is 1. The predicted octanol–water partition coefficient (Wildman–Crippen LogP) is 0.857. The van der Waals surface area contributed by atoms with Gasteiger partial charge in [-0.25, -0.2) is 0 Å². The Labute approximate surface area is 192 Å². The van der Waals surface area contributed by atoms with E-state index in [2.05, 4.69) is 20.9 Å². The number of nitrogens with one attached hydrogen (secondary N) is 3. The third-order valence-corrected chi connectivity index (χ3v) is 5.27. The maximum absolute atomic E-state index is 12.5. The highest BCUT2D eigenvalue weighted by atomic mass is 16.6. The van der Waals surface area contributed by atoms with Crippen LogP contribution in [0, 0.1) is 0 Å². The summed E-state index contributed by atoms with van der Waals surface area (Å²) in [6.07, 6.45) is 2.35. The zero-order valence-electron chi connectivity index (χ0n) is 18.6. The fraction of sp³-hybridized carbons (Fsp3) is 0.417. The minimum atomic E-state index is -0.889. The van der Waals surface area contributed by atoms with E-state index in [1.165, 1.54) is 0 Å². The monoisotopic (exact) mass is 454 g/mol. The summed E-state index contributed by atoms with van der Waals surface area (Å²) in [5, 5.41) is 17.6. The van der Waals surface area contributed by atoms with E-state index >= 15 is 0 Å². The number of phenolic OH excluding ortho intramolecular Hbond substituents is 1. The molecule has 33 heavy (non-hydrogen) atoms. The van der Waals surface area contributed by atoms with Crippen LogP contribution in [0.3, 0.4) is 0 Å². The molecule has 3 amide bonds. The van der Waals surface area contributed by atoms with Crippen molar-refractivity contribution in [3.8, 4) is 5.75 Å². The van der Waals surface area contributed by atoms with E-state index in [1.807, 2.05) is 25.1 Å². The van der Waals surface area contributed by atoms with Crippen LogP contribution in [-0.4, -0.2) is 59.2 Å². The molecule has 1 saturated heterocycles. The zero-order valence-corrected chi connectivity index (χ0v) is 18.6. The Hall–Kier alpha value is -3.46. The molecule has 1 fully saturated rings. The van der Waals surface area contributed by atoms with Crippen LogP contribution in [0.25, 0.3) is 0 Å². The van der Waals surface area contributed by atoms with Gasteiger partial charge in [0.25, 0.3) is 11.8 Å². The Bertz CT molecular complexity index is 936. The van der Waals surface area contributed by atoms with Gasteiger partial charge in [0.2, 0.25) is 5.91 Å². The highest BCUT2D eigenvalue weighted by molar-refractivity contribution is 5.97. The molecule has 2 aromatic rings. The summed E-state index contributed by atoms with van der Waals surface area (Å²) in [4.78, 5) is 41.5. The van der Waals surface area contributed by atoms with Crippen LogP contribution in [0.5, 0.6) is 5.75 Å². The third kappa shape index (κ3) is 7.57. The Morgan fingerprint density at radius 1 is 1.00 bits per heavy atom. The lowest BCUT2D eigenvalue weighted by Crippen LogP contribution is -2.49. The number of epoxide rings is 1. The van der Waals surface area contributed by atoms with Crippen LogP contribution in [0.1, 0.15) is 31.0 Å². The second-order valence-electron chi connectivity index (χ2n) is 7.90. The van der Waals surface area contributed by atoms with Gasteiger partial charge in [0.15, 0.2) is 12.2 Å². The molecule has 0 aliphatic carbocycles. The SMILES string of the molecule is CCC[C@H](NC(=O)C1O[C@@H]1C(=O)NCCc1ccc(O)cc1)C(=O)NCCc1ccccn1. The molecule has 0 bridgehead atoms. The number of carbonyl (C=O) groups excluding carboxylic acids is 3. The number of aromatic hydroxyl groups is 1.